The topological polar surface area (TPSA) is 49.3 Å². The van der Waals surface area contributed by atoms with Crippen molar-refractivity contribution in [2.24, 2.45) is 5.92 Å². The molecule has 1 fully saturated rings. The molecule has 5 nitrogen and oxygen atoms in total. The molecule has 5 heteroatoms. The van der Waals surface area contributed by atoms with Crippen molar-refractivity contribution < 1.29 is 4.79 Å². The molecule has 2 aromatic rings. The van der Waals surface area contributed by atoms with Crippen molar-refractivity contribution >= 4 is 11.7 Å². The molecule has 0 radical (unpaired) electrons. The van der Waals surface area contributed by atoms with Gasteiger partial charge in [0, 0.05) is 49.4 Å². The summed E-state index contributed by atoms with van der Waals surface area (Å²) in [5.41, 5.74) is 3.22. The third-order valence-corrected chi connectivity index (χ3v) is 5.78. The van der Waals surface area contributed by atoms with E-state index in [2.05, 4.69) is 53.8 Å². The molecule has 1 aromatic heterocycles. The molecule has 1 unspecified atom stereocenters. The van der Waals surface area contributed by atoms with Gasteiger partial charge in [0.1, 0.15) is 5.82 Å². The molecule has 0 saturated carbocycles. The van der Waals surface area contributed by atoms with Gasteiger partial charge in [-0.3, -0.25) is 4.79 Å². The van der Waals surface area contributed by atoms with E-state index in [0.29, 0.717) is 5.91 Å². The zero-order valence-corrected chi connectivity index (χ0v) is 18.3. The average molecular weight is 395 g/mol. The van der Waals surface area contributed by atoms with Gasteiger partial charge >= 0.3 is 0 Å². The van der Waals surface area contributed by atoms with Crippen LogP contribution in [0.25, 0.3) is 11.4 Å². The van der Waals surface area contributed by atoms with Gasteiger partial charge in [-0.1, -0.05) is 50.5 Å². The maximum Gasteiger partial charge on any atom is 0.225 e. The van der Waals surface area contributed by atoms with Gasteiger partial charge in [0.15, 0.2) is 5.82 Å². The summed E-state index contributed by atoms with van der Waals surface area (Å²) >= 11 is 0. The Kier molecular flexibility index (Phi) is 7.24. The van der Waals surface area contributed by atoms with Crippen LogP contribution in [0.1, 0.15) is 50.8 Å². The molecule has 2 heterocycles. The number of benzene rings is 1. The smallest absolute Gasteiger partial charge is 0.225 e. The molecule has 0 N–H and O–H groups in total. The summed E-state index contributed by atoms with van der Waals surface area (Å²) in [6.45, 7) is 11.6. The zero-order chi connectivity index (χ0) is 20.8. The van der Waals surface area contributed by atoms with Crippen LogP contribution in [0.2, 0.25) is 0 Å². The van der Waals surface area contributed by atoms with Gasteiger partial charge in [0.05, 0.1) is 0 Å². The van der Waals surface area contributed by atoms with Crippen LogP contribution in [-0.4, -0.2) is 47.0 Å². The number of carbonyl (C=O) groups excluding carboxylic acids is 1. The molecule has 0 bridgehead atoms. The van der Waals surface area contributed by atoms with E-state index in [0.717, 1.165) is 74.8 Å². The van der Waals surface area contributed by atoms with Crippen molar-refractivity contribution in [3.63, 3.8) is 0 Å². The maximum atomic E-state index is 12.9. The number of unbranched alkanes of at least 4 members (excludes halogenated alkanes) is 1. The molecule has 0 spiro atoms. The molecule has 0 aliphatic carbocycles. The Bertz CT molecular complexity index is 827. The van der Waals surface area contributed by atoms with E-state index >= 15 is 0 Å². The van der Waals surface area contributed by atoms with E-state index in [9.17, 15) is 4.79 Å². The molecule has 1 atom stereocenters. The first-order chi connectivity index (χ1) is 14.0. The summed E-state index contributed by atoms with van der Waals surface area (Å²) in [5.74, 6) is 2.24. The minimum absolute atomic E-state index is 0.177. The quantitative estimate of drug-likeness (QED) is 0.687. The van der Waals surface area contributed by atoms with Crippen LogP contribution in [0.3, 0.4) is 0 Å². The normalized spacial score (nSPS) is 15.4. The fourth-order valence-corrected chi connectivity index (χ4v) is 3.99. The lowest BCUT2D eigenvalue weighted by atomic mass is 9.97. The molecule has 1 amide bonds. The molecule has 1 aliphatic rings. The van der Waals surface area contributed by atoms with Crippen molar-refractivity contribution in [1.82, 2.24) is 14.9 Å². The summed E-state index contributed by atoms with van der Waals surface area (Å²) in [6, 6.07) is 10.4. The van der Waals surface area contributed by atoms with Crippen LogP contribution in [0.4, 0.5) is 5.82 Å². The minimum Gasteiger partial charge on any atom is -0.353 e. The van der Waals surface area contributed by atoms with Gasteiger partial charge in [-0.15, -0.1) is 0 Å². The van der Waals surface area contributed by atoms with Crippen LogP contribution in [0, 0.1) is 19.8 Å². The number of carbonyl (C=O) groups is 1. The molecule has 1 aliphatic heterocycles. The van der Waals surface area contributed by atoms with Crippen LogP contribution in [0.15, 0.2) is 30.3 Å². The number of rotatable bonds is 7. The van der Waals surface area contributed by atoms with Crippen LogP contribution in [-0.2, 0) is 4.79 Å². The lowest BCUT2D eigenvalue weighted by Crippen LogP contribution is -2.50. The summed E-state index contributed by atoms with van der Waals surface area (Å²) in [7, 11) is 0. The summed E-state index contributed by atoms with van der Waals surface area (Å²) in [6.07, 6.45) is 4.22. The maximum absolute atomic E-state index is 12.9. The van der Waals surface area contributed by atoms with E-state index in [4.69, 9.17) is 4.98 Å². The number of aromatic nitrogens is 2. The Morgan fingerprint density at radius 3 is 2.48 bits per heavy atom. The summed E-state index contributed by atoms with van der Waals surface area (Å²) < 4.78 is 0. The first-order valence-corrected chi connectivity index (χ1v) is 11.0. The number of piperazine rings is 1. The van der Waals surface area contributed by atoms with Crippen molar-refractivity contribution in [3.8, 4) is 11.4 Å². The Hall–Kier alpha value is -2.43. The molecule has 156 valence electrons. The Balaban J connectivity index is 1.68. The highest BCUT2D eigenvalue weighted by Gasteiger charge is 2.26. The van der Waals surface area contributed by atoms with Gasteiger partial charge in [-0.2, -0.15) is 0 Å². The SMILES string of the molecule is CCCCC(CC)C(=O)N1CCN(c2cc(C)nc(-c3cccc(C)c3)n2)CC1. The second kappa shape index (κ2) is 9.86. The van der Waals surface area contributed by atoms with Crippen LogP contribution >= 0.6 is 0 Å². The number of aryl methyl sites for hydroxylation is 2. The predicted octanol–water partition coefficient (Wildman–Crippen LogP) is 4.63. The van der Waals surface area contributed by atoms with Crippen molar-refractivity contribution in [3.05, 3.63) is 41.6 Å². The lowest BCUT2D eigenvalue weighted by Gasteiger charge is -2.37. The van der Waals surface area contributed by atoms with Gasteiger partial charge in [-0.05, 0) is 32.8 Å². The van der Waals surface area contributed by atoms with E-state index in [1.807, 2.05) is 19.1 Å². The largest absolute Gasteiger partial charge is 0.353 e. The van der Waals surface area contributed by atoms with Crippen molar-refractivity contribution in [2.75, 3.05) is 31.1 Å². The summed E-state index contributed by atoms with van der Waals surface area (Å²) in [5, 5.41) is 0. The second-order valence-electron chi connectivity index (χ2n) is 8.12. The average Bonchev–Trinajstić information content (AvgIpc) is 2.74. The highest BCUT2D eigenvalue weighted by Crippen LogP contribution is 2.23. The third-order valence-electron chi connectivity index (χ3n) is 5.78. The fourth-order valence-electron chi connectivity index (χ4n) is 3.99. The number of amides is 1. The number of anilines is 1. The predicted molar refractivity (Wildman–Crippen MR) is 119 cm³/mol. The second-order valence-corrected chi connectivity index (χ2v) is 8.12. The molecular weight excluding hydrogens is 360 g/mol. The van der Waals surface area contributed by atoms with E-state index in [1.54, 1.807) is 0 Å². The minimum atomic E-state index is 0.177. The molecule has 1 saturated heterocycles. The van der Waals surface area contributed by atoms with Crippen molar-refractivity contribution in [1.29, 1.82) is 0 Å². The Labute approximate surface area is 175 Å². The highest BCUT2D eigenvalue weighted by molar-refractivity contribution is 5.79. The number of hydrogen-bond donors (Lipinski definition) is 0. The first-order valence-electron chi connectivity index (χ1n) is 11.0. The molecular formula is C24H34N4O. The van der Waals surface area contributed by atoms with Gasteiger partial charge in [-0.25, -0.2) is 9.97 Å². The molecule has 29 heavy (non-hydrogen) atoms. The van der Waals surface area contributed by atoms with Crippen LogP contribution in [0.5, 0.6) is 0 Å². The lowest BCUT2D eigenvalue weighted by molar-refractivity contribution is -0.136. The molecule has 3 rings (SSSR count). The van der Waals surface area contributed by atoms with Gasteiger partial charge in [0.25, 0.3) is 0 Å². The van der Waals surface area contributed by atoms with Crippen LogP contribution < -0.4 is 4.90 Å². The number of nitrogens with zero attached hydrogens (tertiary/aromatic N) is 4. The zero-order valence-electron chi connectivity index (χ0n) is 18.3. The van der Waals surface area contributed by atoms with Gasteiger partial charge < -0.3 is 9.80 Å². The summed E-state index contributed by atoms with van der Waals surface area (Å²) in [4.78, 5) is 26.7. The Morgan fingerprint density at radius 1 is 1.07 bits per heavy atom. The third kappa shape index (κ3) is 5.34. The molecule has 1 aromatic carbocycles. The number of hydrogen-bond acceptors (Lipinski definition) is 4. The van der Waals surface area contributed by atoms with E-state index in [-0.39, 0.29) is 5.92 Å². The Morgan fingerprint density at radius 2 is 1.83 bits per heavy atom. The highest BCUT2D eigenvalue weighted by atomic mass is 16.2. The van der Waals surface area contributed by atoms with Crippen molar-refractivity contribution in [2.45, 2.75) is 53.4 Å². The first kappa shape index (κ1) is 21.3. The van der Waals surface area contributed by atoms with E-state index < -0.39 is 0 Å². The monoisotopic (exact) mass is 394 g/mol. The van der Waals surface area contributed by atoms with Gasteiger partial charge in [0.2, 0.25) is 5.91 Å². The van der Waals surface area contributed by atoms with E-state index in [1.165, 1.54) is 5.56 Å². The standard InChI is InChI=1S/C24H34N4O/c1-5-7-10-20(6-2)24(29)28-14-12-27(13-15-28)22-17-19(4)25-23(26-22)21-11-8-9-18(3)16-21/h8-9,11,16-17,20H,5-7,10,12-15H2,1-4H3. The fraction of sp³-hybridized carbons (Fsp3) is 0.542.